The van der Waals surface area contributed by atoms with Crippen LogP contribution in [0.2, 0.25) is 0 Å². The second-order valence-electron chi connectivity index (χ2n) is 8.12. The lowest BCUT2D eigenvalue weighted by molar-refractivity contribution is -0.137. The Labute approximate surface area is 216 Å². The fourth-order valence-corrected chi connectivity index (χ4v) is 3.71. The van der Waals surface area contributed by atoms with E-state index in [1.807, 2.05) is 0 Å². The molecule has 0 unspecified atom stereocenters. The van der Waals surface area contributed by atoms with Crippen LogP contribution in [-0.2, 0) is 6.18 Å². The Bertz CT molecular complexity index is 1670. The molecule has 2 heterocycles. The first-order chi connectivity index (χ1) is 18.6. The number of aromatic amines is 2. The van der Waals surface area contributed by atoms with Gasteiger partial charge < -0.3 is 20.4 Å². The predicted octanol–water partition coefficient (Wildman–Crippen LogP) is 5.71. The Morgan fingerprint density at radius 3 is 2.41 bits per heavy atom. The highest BCUT2D eigenvalue weighted by molar-refractivity contribution is 6.02. The van der Waals surface area contributed by atoms with Gasteiger partial charge in [0, 0.05) is 6.07 Å². The van der Waals surface area contributed by atoms with Crippen LogP contribution in [0.4, 0.5) is 39.7 Å². The second kappa shape index (κ2) is 9.81. The van der Waals surface area contributed by atoms with Crippen LogP contribution in [0.25, 0.3) is 11.0 Å². The molecule has 5 aromatic rings. The summed E-state index contributed by atoms with van der Waals surface area (Å²) in [5, 5.41) is 2.61. The zero-order valence-electron chi connectivity index (χ0n) is 19.6. The number of ether oxygens (including phenoxy) is 1. The molecule has 0 aliphatic heterocycles. The highest BCUT2D eigenvalue weighted by Gasteiger charge is 2.32. The lowest BCUT2D eigenvalue weighted by atomic mass is 10.1. The molecule has 0 aliphatic carbocycles. The number of nitrogens with two attached hydrogens (primary N) is 1. The molecule has 14 heteroatoms. The number of nitrogens with zero attached hydrogens (tertiary/aromatic N) is 3. The molecule has 0 spiro atoms. The Kier molecular flexibility index (Phi) is 6.35. The van der Waals surface area contributed by atoms with E-state index in [0.717, 1.165) is 0 Å². The van der Waals surface area contributed by atoms with Gasteiger partial charge in [0.05, 0.1) is 40.5 Å². The number of hydrogen-bond donors (Lipinski definition) is 4. The first-order valence-electron chi connectivity index (χ1n) is 11.1. The van der Waals surface area contributed by atoms with Crippen LogP contribution < -0.4 is 20.7 Å². The summed E-state index contributed by atoms with van der Waals surface area (Å²) in [4.78, 5) is 38.6. The van der Waals surface area contributed by atoms with Gasteiger partial charge in [0.25, 0.3) is 5.91 Å². The topological polar surface area (TPSA) is 142 Å². The number of carbonyl (C=O) groups is 2. The molecule has 0 saturated heterocycles. The van der Waals surface area contributed by atoms with Crippen LogP contribution in [0.5, 0.6) is 11.5 Å². The summed E-state index contributed by atoms with van der Waals surface area (Å²) in [7, 11) is 0. The normalized spacial score (nSPS) is 11.4. The van der Waals surface area contributed by atoms with E-state index in [4.69, 9.17) is 10.5 Å². The molecule has 5 rings (SSSR count). The number of alkyl halides is 3. The number of carbonyl (C=O) groups excluding carboxylic acids is 2. The maximum absolute atomic E-state index is 14.4. The van der Waals surface area contributed by atoms with Gasteiger partial charge in [-0.15, -0.1) is 0 Å². The second-order valence-corrected chi connectivity index (χ2v) is 8.12. The van der Waals surface area contributed by atoms with Crippen molar-refractivity contribution < 1.29 is 31.9 Å². The van der Waals surface area contributed by atoms with Crippen molar-refractivity contribution >= 4 is 40.3 Å². The number of imidazole rings is 2. The molecule has 5 N–H and O–H groups in total. The van der Waals surface area contributed by atoms with Gasteiger partial charge in [0.15, 0.2) is 0 Å². The molecule has 2 aromatic heterocycles. The van der Waals surface area contributed by atoms with Crippen molar-refractivity contribution in [2.24, 2.45) is 5.73 Å². The smallest absolute Gasteiger partial charge is 0.416 e. The first kappa shape index (κ1) is 25.3. The zero-order valence-corrected chi connectivity index (χ0v) is 19.6. The van der Waals surface area contributed by atoms with E-state index >= 15 is 0 Å². The van der Waals surface area contributed by atoms with Gasteiger partial charge >= 0.3 is 12.2 Å². The van der Waals surface area contributed by atoms with E-state index in [0.29, 0.717) is 45.6 Å². The molecule has 3 amide bonds. The van der Waals surface area contributed by atoms with Crippen molar-refractivity contribution in [3.8, 4) is 11.5 Å². The van der Waals surface area contributed by atoms with Crippen molar-refractivity contribution in [3.05, 3.63) is 90.3 Å². The van der Waals surface area contributed by atoms with Crippen LogP contribution in [0, 0.1) is 5.82 Å². The minimum Gasteiger partial charge on any atom is -0.457 e. The number of H-pyrrole nitrogens is 2. The van der Waals surface area contributed by atoms with Crippen molar-refractivity contribution in [1.82, 2.24) is 19.9 Å². The molecular weight excluding hydrogens is 522 g/mol. The Balaban J connectivity index is 1.35. The number of benzene rings is 3. The molecule has 39 heavy (non-hydrogen) atoms. The fourth-order valence-electron chi connectivity index (χ4n) is 3.71. The Hall–Kier alpha value is -5.40. The van der Waals surface area contributed by atoms with Gasteiger partial charge in [-0.25, -0.2) is 19.2 Å². The van der Waals surface area contributed by atoms with Gasteiger partial charge in [-0.05, 0) is 54.6 Å². The molecule has 0 fully saturated rings. The van der Waals surface area contributed by atoms with Gasteiger partial charge in [0.1, 0.15) is 23.0 Å². The van der Waals surface area contributed by atoms with E-state index in [2.05, 4.69) is 25.3 Å². The quantitative estimate of drug-likeness (QED) is 0.205. The third-order valence-electron chi connectivity index (χ3n) is 5.49. The average molecular weight is 539 g/mol. The zero-order chi connectivity index (χ0) is 27.7. The number of anilines is 3. The SMILES string of the molecule is NC(=O)N(c1ccc(Oc2ccc3nc(NC(=O)c4cnc[nH]4)[nH]c3c2)cc1)c1cc(C(F)(F)F)ccc1F. The number of primary amides is 1. The number of nitrogens with one attached hydrogen (secondary N) is 3. The molecule has 0 radical (unpaired) electrons. The first-order valence-corrected chi connectivity index (χ1v) is 11.1. The molecular formula is C25H17F4N7O3. The molecule has 10 nitrogen and oxygen atoms in total. The number of amides is 3. The van der Waals surface area contributed by atoms with E-state index in [1.54, 1.807) is 18.2 Å². The largest absolute Gasteiger partial charge is 0.457 e. The number of halogens is 4. The Morgan fingerprint density at radius 2 is 1.74 bits per heavy atom. The third kappa shape index (κ3) is 5.34. The molecule has 3 aromatic carbocycles. The maximum Gasteiger partial charge on any atom is 0.416 e. The Morgan fingerprint density at radius 1 is 1.00 bits per heavy atom. The summed E-state index contributed by atoms with van der Waals surface area (Å²) in [5.41, 5.74) is 4.98. The molecule has 0 atom stereocenters. The monoisotopic (exact) mass is 539 g/mol. The standard InChI is InChI=1S/C25H17F4N7O3/c26-17-7-1-13(25(27,28)29)9-21(17)36(23(30)38)14-2-4-15(5-3-14)39-16-6-8-18-19(10-16)34-24(33-18)35-22(37)20-11-31-12-32-20/h1-12H,(H2,30,38)(H,31,32)(H2,33,34,35,37). The highest BCUT2D eigenvalue weighted by Crippen LogP contribution is 2.36. The predicted molar refractivity (Wildman–Crippen MR) is 132 cm³/mol. The number of rotatable bonds is 6. The van der Waals surface area contributed by atoms with Crippen molar-refractivity contribution in [2.45, 2.75) is 6.18 Å². The van der Waals surface area contributed by atoms with Crippen LogP contribution in [-0.4, -0.2) is 31.9 Å². The summed E-state index contributed by atoms with van der Waals surface area (Å²) in [6.07, 6.45) is -2.00. The molecule has 0 saturated carbocycles. The maximum atomic E-state index is 14.4. The van der Waals surface area contributed by atoms with Crippen molar-refractivity contribution in [2.75, 3.05) is 10.2 Å². The number of aromatic nitrogens is 4. The molecule has 198 valence electrons. The summed E-state index contributed by atoms with van der Waals surface area (Å²) >= 11 is 0. The van der Waals surface area contributed by atoms with Crippen LogP contribution in [0.15, 0.2) is 73.2 Å². The lowest BCUT2D eigenvalue weighted by Crippen LogP contribution is -2.32. The average Bonchev–Trinajstić information content (AvgIpc) is 3.55. The summed E-state index contributed by atoms with van der Waals surface area (Å²) < 4.78 is 59.6. The third-order valence-corrected chi connectivity index (χ3v) is 5.49. The van der Waals surface area contributed by atoms with Gasteiger partial charge in [-0.1, -0.05) is 0 Å². The minimum absolute atomic E-state index is 0.0229. The summed E-state index contributed by atoms with van der Waals surface area (Å²) in [6.45, 7) is 0. The van der Waals surface area contributed by atoms with Crippen LogP contribution in [0.1, 0.15) is 16.1 Å². The van der Waals surface area contributed by atoms with E-state index in [9.17, 15) is 27.2 Å². The fraction of sp³-hybridized carbons (Fsp3) is 0.0400. The van der Waals surface area contributed by atoms with Gasteiger partial charge in [-0.3, -0.25) is 15.0 Å². The van der Waals surface area contributed by atoms with Crippen molar-refractivity contribution in [1.29, 1.82) is 0 Å². The summed E-state index contributed by atoms with van der Waals surface area (Å²) in [5.74, 6) is -0.590. The van der Waals surface area contributed by atoms with Crippen LogP contribution in [0.3, 0.4) is 0 Å². The molecule has 0 aliphatic rings. The van der Waals surface area contributed by atoms with Crippen LogP contribution >= 0.6 is 0 Å². The molecule has 0 bridgehead atoms. The van der Waals surface area contributed by atoms with E-state index in [1.165, 1.54) is 36.8 Å². The van der Waals surface area contributed by atoms with E-state index < -0.39 is 35.2 Å². The van der Waals surface area contributed by atoms with Gasteiger partial charge in [-0.2, -0.15) is 13.2 Å². The minimum atomic E-state index is -4.74. The number of urea groups is 1. The van der Waals surface area contributed by atoms with Gasteiger partial charge in [0.2, 0.25) is 5.95 Å². The van der Waals surface area contributed by atoms with E-state index in [-0.39, 0.29) is 17.3 Å². The lowest BCUT2D eigenvalue weighted by Gasteiger charge is -2.22. The highest BCUT2D eigenvalue weighted by atomic mass is 19.4. The van der Waals surface area contributed by atoms with Crippen molar-refractivity contribution in [3.63, 3.8) is 0 Å². The summed E-state index contributed by atoms with van der Waals surface area (Å²) in [6, 6.07) is 11.0. The number of fused-ring (bicyclic) bond motifs is 1. The number of hydrogen-bond acceptors (Lipinski definition) is 5.